The van der Waals surface area contributed by atoms with Crippen molar-refractivity contribution in [2.75, 3.05) is 38.2 Å². The van der Waals surface area contributed by atoms with E-state index in [0.717, 1.165) is 0 Å². The summed E-state index contributed by atoms with van der Waals surface area (Å²) < 4.78 is 16.1. The SMILES string of the molecule is CCOC(CCl)COCC(CCl)OCC. The zero-order chi connectivity index (χ0) is 11.5. The quantitative estimate of drug-likeness (QED) is 0.563. The van der Waals surface area contributed by atoms with Gasteiger partial charge < -0.3 is 14.2 Å². The minimum atomic E-state index is -0.0470. The molecular weight excluding hydrogens is 239 g/mol. The minimum Gasteiger partial charge on any atom is -0.376 e. The third-order valence-corrected chi connectivity index (χ3v) is 2.44. The van der Waals surface area contributed by atoms with Gasteiger partial charge in [0.1, 0.15) is 0 Å². The maximum atomic E-state index is 5.69. The van der Waals surface area contributed by atoms with Gasteiger partial charge in [0.05, 0.1) is 37.2 Å². The highest BCUT2D eigenvalue weighted by molar-refractivity contribution is 6.18. The first kappa shape index (κ1) is 15.5. The molecule has 92 valence electrons. The van der Waals surface area contributed by atoms with E-state index < -0.39 is 0 Å². The van der Waals surface area contributed by atoms with Gasteiger partial charge in [-0.1, -0.05) is 0 Å². The molecule has 0 fully saturated rings. The first-order chi connectivity index (χ1) is 7.28. The molecule has 0 saturated heterocycles. The molecule has 5 heteroatoms. The van der Waals surface area contributed by atoms with Crippen LogP contribution in [-0.4, -0.2) is 50.4 Å². The molecule has 0 radical (unpaired) electrons. The van der Waals surface area contributed by atoms with E-state index in [2.05, 4.69) is 0 Å². The van der Waals surface area contributed by atoms with Crippen molar-refractivity contribution in [3.63, 3.8) is 0 Å². The monoisotopic (exact) mass is 258 g/mol. The number of ether oxygens (including phenoxy) is 3. The fourth-order valence-corrected chi connectivity index (χ4v) is 1.43. The van der Waals surface area contributed by atoms with Gasteiger partial charge in [0.2, 0.25) is 0 Å². The molecule has 0 amide bonds. The summed E-state index contributed by atoms with van der Waals surface area (Å²) in [7, 11) is 0. The second kappa shape index (κ2) is 11.0. The van der Waals surface area contributed by atoms with Crippen LogP contribution in [0.1, 0.15) is 13.8 Å². The minimum absolute atomic E-state index is 0.0470. The molecule has 0 N–H and O–H groups in total. The fourth-order valence-electron chi connectivity index (χ4n) is 1.08. The lowest BCUT2D eigenvalue weighted by Gasteiger charge is -2.17. The Labute approximate surface area is 102 Å². The van der Waals surface area contributed by atoms with Crippen LogP contribution in [0.15, 0.2) is 0 Å². The Balaban J connectivity index is 3.55. The van der Waals surface area contributed by atoms with Crippen molar-refractivity contribution in [2.45, 2.75) is 26.1 Å². The summed E-state index contributed by atoms with van der Waals surface area (Å²) in [6.45, 7) is 6.12. The van der Waals surface area contributed by atoms with Crippen molar-refractivity contribution >= 4 is 23.2 Å². The Morgan fingerprint density at radius 2 is 1.27 bits per heavy atom. The Kier molecular flexibility index (Phi) is 11.3. The van der Waals surface area contributed by atoms with E-state index in [0.29, 0.717) is 38.2 Å². The third kappa shape index (κ3) is 8.29. The van der Waals surface area contributed by atoms with Gasteiger partial charge in [-0.2, -0.15) is 0 Å². The van der Waals surface area contributed by atoms with E-state index in [-0.39, 0.29) is 12.2 Å². The molecule has 0 aliphatic rings. The van der Waals surface area contributed by atoms with Gasteiger partial charge in [-0.3, -0.25) is 0 Å². The second-order valence-electron chi connectivity index (χ2n) is 3.00. The molecular formula is C10H20Cl2O3. The Morgan fingerprint density at radius 3 is 1.53 bits per heavy atom. The van der Waals surface area contributed by atoms with Gasteiger partial charge in [0.25, 0.3) is 0 Å². The second-order valence-corrected chi connectivity index (χ2v) is 3.62. The summed E-state index contributed by atoms with van der Waals surface area (Å²) in [5.41, 5.74) is 0. The number of hydrogen-bond donors (Lipinski definition) is 0. The standard InChI is InChI=1S/C10H20Cl2O3/c1-3-14-9(5-11)7-13-8-10(6-12)15-4-2/h9-10H,3-8H2,1-2H3. The molecule has 0 heterocycles. The molecule has 0 aliphatic heterocycles. The van der Waals surface area contributed by atoms with E-state index in [4.69, 9.17) is 37.4 Å². The van der Waals surface area contributed by atoms with Crippen LogP contribution in [0.3, 0.4) is 0 Å². The van der Waals surface area contributed by atoms with Crippen LogP contribution in [0, 0.1) is 0 Å². The molecule has 0 aromatic rings. The van der Waals surface area contributed by atoms with E-state index in [1.807, 2.05) is 13.8 Å². The van der Waals surface area contributed by atoms with Crippen LogP contribution in [0.2, 0.25) is 0 Å². The molecule has 0 spiro atoms. The van der Waals surface area contributed by atoms with Crippen LogP contribution >= 0.6 is 23.2 Å². The molecule has 0 rings (SSSR count). The van der Waals surface area contributed by atoms with Crippen LogP contribution in [0.4, 0.5) is 0 Å². The molecule has 2 atom stereocenters. The summed E-state index contributed by atoms with van der Waals surface area (Å²) in [5.74, 6) is 0.877. The molecule has 0 aliphatic carbocycles. The van der Waals surface area contributed by atoms with Crippen molar-refractivity contribution in [2.24, 2.45) is 0 Å². The molecule has 0 bridgehead atoms. The average Bonchev–Trinajstić information content (AvgIpc) is 2.26. The molecule has 2 unspecified atom stereocenters. The maximum Gasteiger partial charge on any atom is 0.0943 e. The van der Waals surface area contributed by atoms with Crippen molar-refractivity contribution < 1.29 is 14.2 Å². The van der Waals surface area contributed by atoms with Crippen LogP contribution in [-0.2, 0) is 14.2 Å². The predicted octanol–water partition coefficient (Wildman–Crippen LogP) is 2.29. The summed E-state index contributed by atoms with van der Waals surface area (Å²) in [4.78, 5) is 0. The highest BCUT2D eigenvalue weighted by Gasteiger charge is 2.10. The van der Waals surface area contributed by atoms with Gasteiger partial charge in [0.15, 0.2) is 0 Å². The van der Waals surface area contributed by atoms with Crippen molar-refractivity contribution in [1.82, 2.24) is 0 Å². The van der Waals surface area contributed by atoms with Crippen molar-refractivity contribution in [3.05, 3.63) is 0 Å². The summed E-state index contributed by atoms with van der Waals surface area (Å²) in [6, 6.07) is 0. The highest BCUT2D eigenvalue weighted by atomic mass is 35.5. The van der Waals surface area contributed by atoms with Crippen LogP contribution < -0.4 is 0 Å². The molecule has 0 aromatic heterocycles. The van der Waals surface area contributed by atoms with Gasteiger partial charge in [-0.15, -0.1) is 23.2 Å². The molecule has 0 aromatic carbocycles. The largest absolute Gasteiger partial charge is 0.376 e. The Bertz CT molecular complexity index is 122. The van der Waals surface area contributed by atoms with Gasteiger partial charge >= 0.3 is 0 Å². The Morgan fingerprint density at radius 1 is 0.867 bits per heavy atom. The smallest absolute Gasteiger partial charge is 0.0943 e. The van der Waals surface area contributed by atoms with Crippen LogP contribution in [0.5, 0.6) is 0 Å². The zero-order valence-corrected chi connectivity index (χ0v) is 10.9. The summed E-state index contributed by atoms with van der Waals surface area (Å²) in [6.07, 6.45) is -0.0939. The van der Waals surface area contributed by atoms with E-state index in [1.54, 1.807) is 0 Å². The van der Waals surface area contributed by atoms with Gasteiger partial charge in [-0.25, -0.2) is 0 Å². The van der Waals surface area contributed by atoms with Crippen molar-refractivity contribution in [3.8, 4) is 0 Å². The normalized spacial score (nSPS) is 15.2. The Hall–Kier alpha value is 0.460. The van der Waals surface area contributed by atoms with E-state index in [9.17, 15) is 0 Å². The molecule has 3 nitrogen and oxygen atoms in total. The van der Waals surface area contributed by atoms with Gasteiger partial charge in [0, 0.05) is 13.2 Å². The third-order valence-electron chi connectivity index (χ3n) is 1.76. The van der Waals surface area contributed by atoms with Gasteiger partial charge in [-0.05, 0) is 13.8 Å². The number of halogens is 2. The molecule has 0 saturated carbocycles. The lowest BCUT2D eigenvalue weighted by atomic mass is 10.4. The number of rotatable bonds is 10. The first-order valence-corrected chi connectivity index (χ1v) is 6.28. The van der Waals surface area contributed by atoms with E-state index in [1.165, 1.54) is 0 Å². The maximum absolute atomic E-state index is 5.69. The summed E-state index contributed by atoms with van der Waals surface area (Å²) in [5, 5.41) is 0. The van der Waals surface area contributed by atoms with E-state index >= 15 is 0 Å². The molecule has 15 heavy (non-hydrogen) atoms. The predicted molar refractivity (Wildman–Crippen MR) is 63.1 cm³/mol. The number of hydrogen-bond acceptors (Lipinski definition) is 3. The lowest BCUT2D eigenvalue weighted by molar-refractivity contribution is -0.0403. The summed E-state index contributed by atoms with van der Waals surface area (Å²) >= 11 is 11.4. The fraction of sp³-hybridized carbons (Fsp3) is 1.00. The highest BCUT2D eigenvalue weighted by Crippen LogP contribution is 2.00. The first-order valence-electron chi connectivity index (χ1n) is 5.21. The average molecular weight is 259 g/mol. The van der Waals surface area contributed by atoms with Crippen molar-refractivity contribution in [1.29, 1.82) is 0 Å². The zero-order valence-electron chi connectivity index (χ0n) is 9.38. The van der Waals surface area contributed by atoms with Crippen LogP contribution in [0.25, 0.3) is 0 Å². The topological polar surface area (TPSA) is 27.7 Å². The lowest BCUT2D eigenvalue weighted by Crippen LogP contribution is -2.27. The number of alkyl halides is 2.